The fourth-order valence-corrected chi connectivity index (χ4v) is 6.33. The predicted octanol–water partition coefficient (Wildman–Crippen LogP) is 4.63. The Hall–Kier alpha value is -3.53. The Morgan fingerprint density at radius 2 is 1.29 bits per heavy atom. The van der Waals surface area contributed by atoms with E-state index in [1.165, 1.54) is 12.1 Å². The molecule has 0 amide bonds. The fourth-order valence-electron chi connectivity index (χ4n) is 4.57. The highest BCUT2D eigenvalue weighted by molar-refractivity contribution is 7.89. The molecule has 200 valence electrons. The first kappa shape index (κ1) is 27.5. The van der Waals surface area contributed by atoms with Crippen molar-refractivity contribution in [2.75, 3.05) is 13.2 Å². The van der Waals surface area contributed by atoms with Crippen LogP contribution in [0.15, 0.2) is 83.8 Å². The molecule has 1 aliphatic rings. The van der Waals surface area contributed by atoms with E-state index in [4.69, 9.17) is 14.2 Å². The van der Waals surface area contributed by atoms with Crippen molar-refractivity contribution in [2.24, 2.45) is 0 Å². The molecule has 0 aliphatic carbocycles. The second-order valence-electron chi connectivity index (χ2n) is 9.01. The Labute approximate surface area is 223 Å². The van der Waals surface area contributed by atoms with E-state index in [1.54, 1.807) is 80.6 Å². The summed E-state index contributed by atoms with van der Waals surface area (Å²) in [5, 5.41) is 0. The minimum atomic E-state index is -4.53. The van der Waals surface area contributed by atoms with Gasteiger partial charge in [-0.05, 0) is 51.0 Å². The molecule has 1 fully saturated rings. The molecule has 0 bridgehead atoms. The second kappa shape index (κ2) is 11.1. The number of esters is 2. The summed E-state index contributed by atoms with van der Waals surface area (Å²) in [7, 11) is -4.53. The highest BCUT2D eigenvalue weighted by Gasteiger charge is 2.71. The monoisotopic (exact) mass is 537 g/mol. The zero-order valence-electron chi connectivity index (χ0n) is 21.8. The molecule has 0 radical (unpaired) electrons. The number of aryl methyl sites for hydroxylation is 2. The molecule has 1 saturated heterocycles. The largest absolute Gasteiger partial charge is 0.464 e. The van der Waals surface area contributed by atoms with Gasteiger partial charge >= 0.3 is 11.9 Å². The molecule has 1 aliphatic heterocycles. The number of rotatable bonds is 8. The van der Waals surface area contributed by atoms with Gasteiger partial charge in [0.2, 0.25) is 10.0 Å². The van der Waals surface area contributed by atoms with Crippen LogP contribution >= 0.6 is 0 Å². The average molecular weight is 538 g/mol. The van der Waals surface area contributed by atoms with Crippen LogP contribution in [0.4, 0.5) is 0 Å². The van der Waals surface area contributed by atoms with E-state index in [1.807, 2.05) is 13.8 Å². The van der Waals surface area contributed by atoms with Gasteiger partial charge in [-0.2, -0.15) is 0 Å². The maximum absolute atomic E-state index is 14.4. The fraction of sp³-hybridized carbons (Fsp3) is 0.310. The molecule has 0 aromatic heterocycles. The van der Waals surface area contributed by atoms with Gasteiger partial charge in [0.25, 0.3) is 5.54 Å². The van der Waals surface area contributed by atoms with Crippen molar-refractivity contribution >= 4 is 22.0 Å². The van der Waals surface area contributed by atoms with Gasteiger partial charge in [-0.25, -0.2) is 18.0 Å². The molecule has 0 saturated carbocycles. The molecule has 0 N–H and O–H groups in total. The highest BCUT2D eigenvalue weighted by atomic mass is 32.2. The van der Waals surface area contributed by atoms with Crippen LogP contribution in [-0.4, -0.2) is 43.4 Å². The second-order valence-corrected chi connectivity index (χ2v) is 10.8. The van der Waals surface area contributed by atoms with Gasteiger partial charge in [0.1, 0.15) is 6.10 Å². The number of ether oxygens (including phenoxy) is 3. The zero-order valence-corrected chi connectivity index (χ0v) is 22.6. The molecule has 4 rings (SSSR count). The van der Waals surface area contributed by atoms with Crippen molar-refractivity contribution in [3.8, 4) is 0 Å². The van der Waals surface area contributed by atoms with E-state index in [9.17, 15) is 18.0 Å². The SMILES string of the molecule is CCOC(=O)C1(C(=O)OCC)[C@H](c2ccc(C)cc2)O[C@H](c2ccccc2)N1S(=O)(=O)c1ccc(C)cc1. The number of hydrogen-bond acceptors (Lipinski definition) is 7. The van der Waals surface area contributed by atoms with Crippen molar-refractivity contribution in [1.29, 1.82) is 0 Å². The van der Waals surface area contributed by atoms with E-state index >= 15 is 0 Å². The number of benzene rings is 3. The smallest absolute Gasteiger partial charge is 0.342 e. The number of carbonyl (C=O) groups excluding carboxylic acids is 2. The molecular weight excluding hydrogens is 506 g/mol. The van der Waals surface area contributed by atoms with Crippen molar-refractivity contribution in [3.05, 3.63) is 101 Å². The summed E-state index contributed by atoms with van der Waals surface area (Å²) in [5.74, 6) is -2.14. The molecule has 3 aromatic rings. The van der Waals surface area contributed by atoms with Gasteiger partial charge < -0.3 is 14.2 Å². The Kier molecular flexibility index (Phi) is 8.01. The van der Waals surface area contributed by atoms with Crippen LogP contribution < -0.4 is 0 Å². The summed E-state index contributed by atoms with van der Waals surface area (Å²) in [6.07, 6.45) is -2.69. The Morgan fingerprint density at radius 3 is 1.79 bits per heavy atom. The lowest BCUT2D eigenvalue weighted by atomic mass is 9.87. The zero-order chi connectivity index (χ0) is 27.5. The van der Waals surface area contributed by atoms with E-state index < -0.39 is 39.8 Å². The average Bonchev–Trinajstić information content (AvgIpc) is 3.28. The maximum atomic E-state index is 14.4. The Bertz CT molecular complexity index is 1370. The summed E-state index contributed by atoms with van der Waals surface area (Å²) in [6, 6.07) is 21.8. The number of nitrogens with zero attached hydrogens (tertiary/aromatic N) is 1. The lowest BCUT2D eigenvalue weighted by molar-refractivity contribution is -0.172. The van der Waals surface area contributed by atoms with Gasteiger partial charge in [-0.1, -0.05) is 77.9 Å². The summed E-state index contributed by atoms with van der Waals surface area (Å²) < 4.78 is 46.9. The normalized spacial score (nSPS) is 19.2. The van der Waals surface area contributed by atoms with Crippen molar-refractivity contribution in [2.45, 2.75) is 50.5 Å². The minimum absolute atomic E-state index is 0.0883. The Morgan fingerprint density at radius 1 is 0.789 bits per heavy atom. The van der Waals surface area contributed by atoms with Gasteiger partial charge in [-0.3, -0.25) is 0 Å². The topological polar surface area (TPSA) is 99.2 Å². The van der Waals surface area contributed by atoms with E-state index in [0.717, 1.165) is 15.4 Å². The van der Waals surface area contributed by atoms with Gasteiger partial charge in [0.15, 0.2) is 6.23 Å². The standard InChI is InChI=1S/C29H31NO7S/c1-5-35-27(31)29(28(32)36-6-2)25(22-16-12-20(3)13-17-22)37-26(23-10-8-7-9-11-23)30(29)38(33,34)24-18-14-21(4)15-19-24/h7-19,25-26H,5-6H2,1-4H3/t25-,26+/m0/s1. The molecule has 38 heavy (non-hydrogen) atoms. The van der Waals surface area contributed by atoms with Crippen LogP contribution in [0.3, 0.4) is 0 Å². The summed E-state index contributed by atoms with van der Waals surface area (Å²) in [6.45, 7) is 6.72. The molecular formula is C29H31NO7S. The molecule has 3 aromatic carbocycles. The van der Waals surface area contributed by atoms with E-state index in [0.29, 0.717) is 11.1 Å². The third kappa shape index (κ3) is 4.73. The van der Waals surface area contributed by atoms with Crippen LogP contribution in [-0.2, 0) is 33.8 Å². The lowest BCUT2D eigenvalue weighted by Gasteiger charge is -2.36. The van der Waals surface area contributed by atoms with Crippen molar-refractivity contribution in [3.63, 3.8) is 0 Å². The Balaban J connectivity index is 2.08. The predicted molar refractivity (Wildman–Crippen MR) is 140 cm³/mol. The lowest BCUT2D eigenvalue weighted by Crippen LogP contribution is -2.62. The molecule has 9 heteroatoms. The molecule has 0 unspecified atom stereocenters. The number of hydrogen-bond donors (Lipinski definition) is 0. The third-order valence-electron chi connectivity index (χ3n) is 6.42. The first-order chi connectivity index (χ1) is 18.2. The van der Waals surface area contributed by atoms with E-state index in [2.05, 4.69) is 0 Å². The summed E-state index contributed by atoms with van der Waals surface area (Å²) in [5.41, 5.74) is 0.162. The van der Waals surface area contributed by atoms with Crippen LogP contribution in [0, 0.1) is 13.8 Å². The quantitative estimate of drug-likeness (QED) is 0.305. The molecule has 0 spiro atoms. The maximum Gasteiger partial charge on any atom is 0.342 e. The number of carbonyl (C=O) groups is 2. The first-order valence-corrected chi connectivity index (χ1v) is 13.8. The first-order valence-electron chi connectivity index (χ1n) is 12.4. The van der Waals surface area contributed by atoms with Crippen LogP contribution in [0.25, 0.3) is 0 Å². The van der Waals surface area contributed by atoms with Crippen LogP contribution in [0.1, 0.15) is 48.4 Å². The summed E-state index contributed by atoms with van der Waals surface area (Å²) >= 11 is 0. The van der Waals surface area contributed by atoms with Gasteiger partial charge in [-0.15, -0.1) is 4.31 Å². The van der Waals surface area contributed by atoms with Crippen LogP contribution in [0.2, 0.25) is 0 Å². The minimum Gasteiger partial charge on any atom is -0.464 e. The molecule has 2 atom stereocenters. The number of sulfonamides is 1. The van der Waals surface area contributed by atoms with Crippen molar-refractivity contribution in [1.82, 2.24) is 4.31 Å². The van der Waals surface area contributed by atoms with Crippen molar-refractivity contribution < 1.29 is 32.2 Å². The van der Waals surface area contributed by atoms with Crippen LogP contribution in [0.5, 0.6) is 0 Å². The summed E-state index contributed by atoms with van der Waals surface area (Å²) in [4.78, 5) is 27.8. The van der Waals surface area contributed by atoms with Gasteiger partial charge in [0.05, 0.1) is 18.1 Å². The molecule has 8 nitrogen and oxygen atoms in total. The molecule has 1 heterocycles. The van der Waals surface area contributed by atoms with Gasteiger partial charge in [0, 0.05) is 0 Å². The highest BCUT2D eigenvalue weighted by Crippen LogP contribution is 2.53. The third-order valence-corrected chi connectivity index (χ3v) is 8.29. The van der Waals surface area contributed by atoms with E-state index in [-0.39, 0.29) is 18.1 Å².